The Labute approximate surface area is 183 Å². The van der Waals surface area contributed by atoms with Crippen molar-refractivity contribution in [2.75, 3.05) is 13.2 Å². The van der Waals surface area contributed by atoms with E-state index in [1.807, 2.05) is 22.9 Å². The average molecular weight is 416 g/mol. The highest BCUT2D eigenvalue weighted by Crippen LogP contribution is 2.37. The number of nitrogens with zero attached hydrogens (tertiary/aromatic N) is 2. The number of benzene rings is 2. The fraction of sp³-hybridized carbons (Fsp3) is 0.346. The number of imidazole rings is 1. The van der Waals surface area contributed by atoms with Crippen molar-refractivity contribution in [2.24, 2.45) is 0 Å². The first-order valence-electron chi connectivity index (χ1n) is 10.9. The number of aliphatic hydroxyl groups is 2. The minimum Gasteiger partial charge on any atom is -0.395 e. The first-order valence-corrected chi connectivity index (χ1v) is 10.9. The van der Waals surface area contributed by atoms with Crippen LogP contribution in [0, 0.1) is 11.8 Å². The molecule has 1 atom stereocenters. The average Bonchev–Trinajstić information content (AvgIpc) is 3.23. The second-order valence-corrected chi connectivity index (χ2v) is 8.13. The van der Waals surface area contributed by atoms with Gasteiger partial charge in [-0.3, -0.25) is 0 Å². The molecule has 1 heterocycles. The summed E-state index contributed by atoms with van der Waals surface area (Å²) in [5.74, 6) is 7.58. The Morgan fingerprint density at radius 2 is 1.77 bits per heavy atom. The molecule has 0 radical (unpaired) electrons. The van der Waals surface area contributed by atoms with Crippen LogP contribution in [0.1, 0.15) is 48.7 Å². The zero-order valence-electron chi connectivity index (χ0n) is 17.8. The molecule has 1 fully saturated rings. The van der Waals surface area contributed by atoms with Crippen LogP contribution in [-0.2, 0) is 6.54 Å². The van der Waals surface area contributed by atoms with Crippen molar-refractivity contribution < 1.29 is 10.2 Å². The van der Waals surface area contributed by atoms with Gasteiger partial charge in [-0.25, -0.2) is 4.98 Å². The minimum atomic E-state index is -0.601. The molecule has 1 aliphatic rings. The lowest BCUT2D eigenvalue weighted by Crippen LogP contribution is -2.41. The molecule has 4 rings (SSSR count). The van der Waals surface area contributed by atoms with Crippen LogP contribution in [0.4, 0.5) is 0 Å². The van der Waals surface area contributed by atoms with Crippen LogP contribution in [0.15, 0.2) is 60.9 Å². The summed E-state index contributed by atoms with van der Waals surface area (Å²) >= 11 is 0. The maximum atomic E-state index is 9.71. The summed E-state index contributed by atoms with van der Waals surface area (Å²) in [5, 5.41) is 22.0. The van der Waals surface area contributed by atoms with E-state index >= 15 is 0 Å². The Morgan fingerprint density at radius 1 is 1.10 bits per heavy atom. The van der Waals surface area contributed by atoms with Crippen LogP contribution in [0.5, 0.6) is 0 Å². The van der Waals surface area contributed by atoms with Crippen molar-refractivity contribution in [1.29, 1.82) is 0 Å². The first kappa shape index (κ1) is 21.3. The Bertz CT molecular complexity index is 1040. The van der Waals surface area contributed by atoms with Gasteiger partial charge in [-0.2, -0.15) is 0 Å². The highest BCUT2D eigenvalue weighted by Gasteiger charge is 2.29. The maximum absolute atomic E-state index is 9.71. The highest BCUT2D eigenvalue weighted by molar-refractivity contribution is 5.64. The Hall–Kier alpha value is -2.91. The third-order valence-corrected chi connectivity index (χ3v) is 5.89. The van der Waals surface area contributed by atoms with E-state index in [0.717, 1.165) is 18.4 Å². The largest absolute Gasteiger partial charge is 0.395 e. The summed E-state index contributed by atoms with van der Waals surface area (Å²) in [4.78, 5) is 4.16. The molecule has 1 saturated carbocycles. The first-order chi connectivity index (χ1) is 15.1. The number of nitrogens with one attached hydrogen (secondary N) is 1. The second kappa shape index (κ2) is 9.93. The summed E-state index contributed by atoms with van der Waals surface area (Å²) in [7, 11) is 0. The van der Waals surface area contributed by atoms with Crippen LogP contribution in [-0.4, -0.2) is 39.0 Å². The number of hydrogen-bond donors (Lipinski definition) is 3. The maximum Gasteiger partial charge on any atom is 0.138 e. The van der Waals surface area contributed by atoms with E-state index in [2.05, 4.69) is 58.5 Å². The quantitative estimate of drug-likeness (QED) is 0.517. The minimum absolute atomic E-state index is 0.203. The van der Waals surface area contributed by atoms with Crippen LogP contribution >= 0.6 is 0 Å². The summed E-state index contributed by atoms with van der Waals surface area (Å²) in [6.07, 6.45) is 5.20. The van der Waals surface area contributed by atoms with Gasteiger partial charge in [0, 0.05) is 30.5 Å². The normalized spacial score (nSPS) is 18.7. The fourth-order valence-electron chi connectivity index (χ4n) is 4.07. The smallest absolute Gasteiger partial charge is 0.138 e. The van der Waals surface area contributed by atoms with E-state index < -0.39 is 6.10 Å². The third-order valence-electron chi connectivity index (χ3n) is 5.89. The fourth-order valence-corrected chi connectivity index (χ4v) is 4.07. The highest BCUT2D eigenvalue weighted by atomic mass is 16.3. The molecular weight excluding hydrogens is 386 g/mol. The number of aliphatic hydroxyl groups excluding tert-OH is 2. The molecule has 5 heteroatoms. The van der Waals surface area contributed by atoms with E-state index in [9.17, 15) is 5.11 Å². The molecule has 0 aliphatic heterocycles. The summed E-state index contributed by atoms with van der Waals surface area (Å²) in [6.45, 7) is 3.09. The molecule has 0 amide bonds. The summed E-state index contributed by atoms with van der Waals surface area (Å²) in [5.41, 5.74) is 4.75. The van der Waals surface area contributed by atoms with Gasteiger partial charge in [0.25, 0.3) is 0 Å². The van der Waals surface area contributed by atoms with Gasteiger partial charge in [0.05, 0.1) is 13.2 Å². The molecule has 3 aromatic rings. The molecule has 5 nitrogen and oxygen atoms in total. The van der Waals surface area contributed by atoms with Gasteiger partial charge in [-0.1, -0.05) is 48.2 Å². The van der Waals surface area contributed by atoms with E-state index in [0.29, 0.717) is 30.9 Å². The molecule has 1 aromatic heterocycles. The zero-order chi connectivity index (χ0) is 21.6. The summed E-state index contributed by atoms with van der Waals surface area (Å²) in [6, 6.07) is 17.7. The van der Waals surface area contributed by atoms with Crippen molar-refractivity contribution in [2.45, 2.75) is 44.4 Å². The molecule has 160 valence electrons. The van der Waals surface area contributed by atoms with E-state index in [4.69, 9.17) is 5.11 Å². The van der Waals surface area contributed by atoms with Gasteiger partial charge < -0.3 is 20.1 Å². The number of hydrogen-bond acceptors (Lipinski definition) is 4. The van der Waals surface area contributed by atoms with Crippen LogP contribution in [0.2, 0.25) is 0 Å². The molecule has 3 N–H and O–H groups in total. The molecular formula is C26H29N3O2. The lowest BCUT2D eigenvalue weighted by molar-refractivity contribution is 0.184. The molecule has 31 heavy (non-hydrogen) atoms. The molecule has 0 unspecified atom stereocenters. The number of rotatable bonds is 7. The van der Waals surface area contributed by atoms with Gasteiger partial charge in [0.15, 0.2) is 0 Å². The Balaban J connectivity index is 1.34. The van der Waals surface area contributed by atoms with Crippen molar-refractivity contribution in [1.82, 2.24) is 14.9 Å². The van der Waals surface area contributed by atoms with Gasteiger partial charge in [0.2, 0.25) is 0 Å². The van der Waals surface area contributed by atoms with Crippen molar-refractivity contribution in [3.05, 3.63) is 77.9 Å². The van der Waals surface area contributed by atoms with Gasteiger partial charge in [-0.15, -0.1) is 0 Å². The van der Waals surface area contributed by atoms with Crippen molar-refractivity contribution >= 4 is 0 Å². The standard InChI is InChI=1S/C26H29N3O2/c1-19(31)26-28-12-15-29(26)14-2-3-20-4-6-21(7-5-20)22-8-10-23(11-9-22)24-17-25(18-24)27-13-16-30/h4-12,15,19,24-25,27,30-31H,13-14,16-18H2,1H3/t19-,24?,25?/m0/s1. The van der Waals surface area contributed by atoms with Gasteiger partial charge in [0.1, 0.15) is 11.9 Å². The molecule has 2 aromatic carbocycles. The van der Waals surface area contributed by atoms with Crippen LogP contribution < -0.4 is 5.32 Å². The Morgan fingerprint density at radius 3 is 2.42 bits per heavy atom. The zero-order valence-corrected chi connectivity index (χ0v) is 17.8. The van der Waals surface area contributed by atoms with Crippen LogP contribution in [0.25, 0.3) is 11.1 Å². The van der Waals surface area contributed by atoms with Crippen molar-refractivity contribution in [3.8, 4) is 23.0 Å². The lowest BCUT2D eigenvalue weighted by atomic mass is 9.75. The second-order valence-electron chi connectivity index (χ2n) is 8.13. The number of aromatic nitrogens is 2. The van der Waals surface area contributed by atoms with E-state index in [1.165, 1.54) is 16.7 Å². The monoisotopic (exact) mass is 415 g/mol. The Kier molecular flexibility index (Phi) is 6.83. The molecule has 0 spiro atoms. The summed E-state index contributed by atoms with van der Waals surface area (Å²) < 4.78 is 1.86. The molecule has 0 saturated heterocycles. The lowest BCUT2D eigenvalue weighted by Gasteiger charge is -2.36. The van der Waals surface area contributed by atoms with Crippen LogP contribution in [0.3, 0.4) is 0 Å². The van der Waals surface area contributed by atoms with E-state index in [1.54, 1.807) is 13.1 Å². The predicted octanol–water partition coefficient (Wildman–Crippen LogP) is 3.48. The molecule has 0 bridgehead atoms. The third kappa shape index (κ3) is 5.23. The van der Waals surface area contributed by atoms with Gasteiger partial charge in [-0.05, 0) is 54.5 Å². The SMILES string of the molecule is C[C@H](O)c1nccn1CC#Cc1ccc(-c2ccc(C3CC(NCCO)C3)cc2)cc1. The predicted molar refractivity (Wildman–Crippen MR) is 122 cm³/mol. The van der Waals surface area contributed by atoms with E-state index in [-0.39, 0.29) is 6.61 Å². The molecule has 1 aliphatic carbocycles. The topological polar surface area (TPSA) is 70.3 Å². The van der Waals surface area contributed by atoms with Crippen molar-refractivity contribution in [3.63, 3.8) is 0 Å². The van der Waals surface area contributed by atoms with Gasteiger partial charge >= 0.3 is 0 Å².